The fourth-order valence-corrected chi connectivity index (χ4v) is 1.97. The second kappa shape index (κ2) is 5.56. The molecule has 5 heteroatoms. The molecule has 1 amide bonds. The van der Waals surface area contributed by atoms with Gasteiger partial charge in [0.1, 0.15) is 5.69 Å². The first-order valence-corrected chi connectivity index (χ1v) is 6.29. The van der Waals surface area contributed by atoms with Gasteiger partial charge in [-0.1, -0.05) is 25.5 Å². The van der Waals surface area contributed by atoms with E-state index in [9.17, 15) is 4.79 Å². The molecular weight excluding hydrogens is 240 g/mol. The summed E-state index contributed by atoms with van der Waals surface area (Å²) in [6, 6.07) is 7.84. The van der Waals surface area contributed by atoms with Crippen LogP contribution in [0.2, 0.25) is 0 Å². The van der Waals surface area contributed by atoms with Crippen molar-refractivity contribution in [2.24, 2.45) is 7.05 Å². The smallest absolute Gasteiger partial charge is 0.276 e. The summed E-state index contributed by atoms with van der Waals surface area (Å²) in [4.78, 5) is 12.1. The summed E-state index contributed by atoms with van der Waals surface area (Å²) in [5.41, 5.74) is 8.49. The van der Waals surface area contributed by atoms with Crippen LogP contribution in [0.25, 0.3) is 0 Å². The van der Waals surface area contributed by atoms with Gasteiger partial charge in [-0.3, -0.25) is 9.48 Å². The number of anilines is 2. The van der Waals surface area contributed by atoms with E-state index in [1.165, 1.54) is 16.4 Å². The first-order valence-electron chi connectivity index (χ1n) is 6.29. The van der Waals surface area contributed by atoms with E-state index >= 15 is 0 Å². The molecule has 0 unspecified atom stereocenters. The molecule has 0 aliphatic heterocycles. The van der Waals surface area contributed by atoms with Crippen LogP contribution in [0.5, 0.6) is 0 Å². The molecule has 0 spiro atoms. The van der Waals surface area contributed by atoms with Gasteiger partial charge in [-0.25, -0.2) is 0 Å². The van der Waals surface area contributed by atoms with Gasteiger partial charge in [-0.05, 0) is 24.1 Å². The van der Waals surface area contributed by atoms with Crippen LogP contribution in [0.15, 0.2) is 30.5 Å². The maximum atomic E-state index is 12.1. The Morgan fingerprint density at radius 3 is 2.58 bits per heavy atom. The van der Waals surface area contributed by atoms with Crippen LogP contribution in [0.3, 0.4) is 0 Å². The van der Waals surface area contributed by atoms with Crippen molar-refractivity contribution in [3.63, 3.8) is 0 Å². The minimum atomic E-state index is -0.249. The SMILES string of the molecule is CCCc1ccc(NC(=O)c2c(N)cnn2C)cc1. The van der Waals surface area contributed by atoms with Crippen molar-refractivity contribution in [2.45, 2.75) is 19.8 Å². The molecule has 0 fully saturated rings. The minimum absolute atomic E-state index is 0.249. The van der Waals surface area contributed by atoms with Crippen LogP contribution in [-0.2, 0) is 13.5 Å². The van der Waals surface area contributed by atoms with Gasteiger partial charge in [0, 0.05) is 12.7 Å². The lowest BCUT2D eigenvalue weighted by Crippen LogP contribution is -2.17. The van der Waals surface area contributed by atoms with Gasteiger partial charge in [0.05, 0.1) is 11.9 Å². The number of hydrogen-bond donors (Lipinski definition) is 2. The zero-order valence-corrected chi connectivity index (χ0v) is 11.2. The average Bonchev–Trinajstić information content (AvgIpc) is 2.72. The number of nitrogen functional groups attached to an aromatic ring is 1. The molecule has 2 rings (SSSR count). The van der Waals surface area contributed by atoms with Crippen LogP contribution in [-0.4, -0.2) is 15.7 Å². The second-order valence-corrected chi connectivity index (χ2v) is 4.47. The Balaban J connectivity index is 2.11. The lowest BCUT2D eigenvalue weighted by atomic mass is 10.1. The number of hydrogen-bond acceptors (Lipinski definition) is 3. The molecule has 1 aromatic heterocycles. The number of nitrogens with one attached hydrogen (secondary N) is 1. The lowest BCUT2D eigenvalue weighted by Gasteiger charge is -2.07. The van der Waals surface area contributed by atoms with Gasteiger partial charge in [-0.2, -0.15) is 5.10 Å². The highest BCUT2D eigenvalue weighted by Crippen LogP contribution is 2.15. The Morgan fingerprint density at radius 1 is 1.37 bits per heavy atom. The summed E-state index contributed by atoms with van der Waals surface area (Å²) in [6.07, 6.45) is 3.62. The van der Waals surface area contributed by atoms with Gasteiger partial charge in [0.2, 0.25) is 0 Å². The Hall–Kier alpha value is -2.30. The fourth-order valence-electron chi connectivity index (χ4n) is 1.97. The third-order valence-electron chi connectivity index (χ3n) is 2.93. The Morgan fingerprint density at radius 2 is 2.05 bits per heavy atom. The molecular formula is C14H18N4O. The lowest BCUT2D eigenvalue weighted by molar-refractivity contribution is 0.101. The summed E-state index contributed by atoms with van der Waals surface area (Å²) in [5, 5.41) is 6.76. The Kier molecular flexibility index (Phi) is 3.85. The number of nitrogens with zero attached hydrogens (tertiary/aromatic N) is 2. The van der Waals surface area contributed by atoms with E-state index in [4.69, 9.17) is 5.73 Å². The molecule has 0 radical (unpaired) electrons. The number of aromatic nitrogens is 2. The molecule has 0 aliphatic carbocycles. The zero-order chi connectivity index (χ0) is 13.8. The van der Waals surface area contributed by atoms with Crippen molar-refractivity contribution in [3.8, 4) is 0 Å². The van der Waals surface area contributed by atoms with Crippen LogP contribution >= 0.6 is 0 Å². The number of amides is 1. The quantitative estimate of drug-likeness (QED) is 0.883. The number of aryl methyl sites for hydroxylation is 2. The normalized spacial score (nSPS) is 10.4. The van der Waals surface area contributed by atoms with Gasteiger partial charge in [0.15, 0.2) is 0 Å². The summed E-state index contributed by atoms with van der Waals surface area (Å²) in [7, 11) is 1.69. The molecule has 0 saturated carbocycles. The predicted octanol–water partition coefficient (Wildman–Crippen LogP) is 2.21. The van der Waals surface area contributed by atoms with Crippen molar-refractivity contribution in [1.29, 1.82) is 0 Å². The van der Waals surface area contributed by atoms with Gasteiger partial charge >= 0.3 is 0 Å². The monoisotopic (exact) mass is 258 g/mol. The van der Waals surface area contributed by atoms with E-state index in [0.29, 0.717) is 11.4 Å². The molecule has 2 aromatic rings. The molecule has 0 saturated heterocycles. The molecule has 19 heavy (non-hydrogen) atoms. The summed E-state index contributed by atoms with van der Waals surface area (Å²) in [6.45, 7) is 2.14. The standard InChI is InChI=1S/C14H18N4O/c1-3-4-10-5-7-11(8-6-10)17-14(19)13-12(15)9-16-18(13)2/h5-9H,3-4,15H2,1-2H3,(H,17,19). The van der Waals surface area contributed by atoms with Crippen molar-refractivity contribution < 1.29 is 4.79 Å². The topological polar surface area (TPSA) is 72.9 Å². The molecule has 1 heterocycles. The van der Waals surface area contributed by atoms with E-state index in [1.54, 1.807) is 7.05 Å². The summed E-state index contributed by atoms with van der Waals surface area (Å²) < 4.78 is 1.47. The van der Waals surface area contributed by atoms with E-state index < -0.39 is 0 Å². The molecule has 5 nitrogen and oxygen atoms in total. The van der Waals surface area contributed by atoms with Crippen molar-refractivity contribution in [2.75, 3.05) is 11.1 Å². The predicted molar refractivity (Wildman–Crippen MR) is 76.0 cm³/mol. The first kappa shape index (κ1) is 13.1. The highest BCUT2D eigenvalue weighted by molar-refractivity contribution is 6.06. The maximum absolute atomic E-state index is 12.1. The van der Waals surface area contributed by atoms with Crippen molar-refractivity contribution >= 4 is 17.3 Å². The summed E-state index contributed by atoms with van der Waals surface area (Å²) >= 11 is 0. The number of carbonyl (C=O) groups is 1. The van der Waals surface area contributed by atoms with Crippen LogP contribution < -0.4 is 11.1 Å². The summed E-state index contributed by atoms with van der Waals surface area (Å²) in [5.74, 6) is -0.249. The Labute approximate surface area is 112 Å². The highest BCUT2D eigenvalue weighted by Gasteiger charge is 2.14. The van der Waals surface area contributed by atoms with Gasteiger partial charge < -0.3 is 11.1 Å². The minimum Gasteiger partial charge on any atom is -0.396 e. The molecule has 0 aliphatic rings. The van der Waals surface area contributed by atoms with Crippen molar-refractivity contribution in [3.05, 3.63) is 41.7 Å². The third-order valence-corrected chi connectivity index (χ3v) is 2.93. The molecule has 100 valence electrons. The second-order valence-electron chi connectivity index (χ2n) is 4.47. The number of benzene rings is 1. The van der Waals surface area contributed by atoms with Gasteiger partial charge in [-0.15, -0.1) is 0 Å². The number of nitrogens with two attached hydrogens (primary N) is 1. The average molecular weight is 258 g/mol. The zero-order valence-electron chi connectivity index (χ0n) is 11.2. The van der Waals surface area contributed by atoms with E-state index in [1.807, 2.05) is 24.3 Å². The van der Waals surface area contributed by atoms with Crippen LogP contribution in [0, 0.1) is 0 Å². The molecule has 3 N–H and O–H groups in total. The Bertz CT molecular complexity index is 552. The molecule has 0 atom stereocenters. The van der Waals surface area contributed by atoms with Crippen LogP contribution in [0.4, 0.5) is 11.4 Å². The number of carbonyl (C=O) groups excluding carboxylic acids is 1. The highest BCUT2D eigenvalue weighted by atomic mass is 16.2. The van der Waals surface area contributed by atoms with E-state index in [0.717, 1.165) is 18.5 Å². The van der Waals surface area contributed by atoms with E-state index in [-0.39, 0.29) is 5.91 Å². The van der Waals surface area contributed by atoms with Crippen molar-refractivity contribution in [1.82, 2.24) is 9.78 Å². The molecule has 0 bridgehead atoms. The third kappa shape index (κ3) is 2.93. The molecule has 1 aromatic carbocycles. The maximum Gasteiger partial charge on any atom is 0.276 e. The van der Waals surface area contributed by atoms with Gasteiger partial charge in [0.25, 0.3) is 5.91 Å². The van der Waals surface area contributed by atoms with Crippen LogP contribution in [0.1, 0.15) is 29.4 Å². The van der Waals surface area contributed by atoms with E-state index in [2.05, 4.69) is 17.3 Å². The number of rotatable bonds is 4. The first-order chi connectivity index (χ1) is 9.11. The largest absolute Gasteiger partial charge is 0.396 e. The fraction of sp³-hybridized carbons (Fsp3) is 0.286.